The fourth-order valence-electron chi connectivity index (χ4n) is 2.57. The topological polar surface area (TPSA) is 9.23 Å². The van der Waals surface area contributed by atoms with Crippen molar-refractivity contribution in [1.82, 2.24) is 0 Å². The molecule has 0 amide bonds. The van der Waals surface area contributed by atoms with E-state index in [-0.39, 0.29) is 6.10 Å². The molecule has 1 unspecified atom stereocenters. The molecule has 2 aromatic rings. The molecule has 76 valence electrons. The van der Waals surface area contributed by atoms with Crippen LogP contribution in [-0.2, 0) is 0 Å². The van der Waals surface area contributed by atoms with Gasteiger partial charge >= 0.3 is 0 Å². The predicted octanol–water partition coefficient (Wildman–Crippen LogP) is 3.67. The maximum atomic E-state index is 5.99. The molecule has 0 saturated heterocycles. The molecular formula is C15H10O. The quantitative estimate of drug-likeness (QED) is 0.639. The number of rotatable bonds is 0. The van der Waals surface area contributed by atoms with Crippen molar-refractivity contribution in [3.8, 4) is 5.75 Å². The average molecular weight is 206 g/mol. The Morgan fingerprint density at radius 2 is 1.69 bits per heavy atom. The van der Waals surface area contributed by atoms with E-state index in [2.05, 4.69) is 42.5 Å². The molecule has 0 radical (unpaired) electrons. The number of hydrogen-bond donors (Lipinski definition) is 0. The Hall–Kier alpha value is -2.02. The van der Waals surface area contributed by atoms with Gasteiger partial charge in [0, 0.05) is 16.7 Å². The maximum Gasteiger partial charge on any atom is 0.150 e. The summed E-state index contributed by atoms with van der Waals surface area (Å²) in [7, 11) is 0. The molecule has 0 N–H and O–H groups in total. The van der Waals surface area contributed by atoms with Crippen LogP contribution in [0.2, 0.25) is 0 Å². The first-order valence-corrected chi connectivity index (χ1v) is 5.50. The SMILES string of the molecule is C1=C2c3ccccc3OC2c2ccccc21. The van der Waals surface area contributed by atoms with Gasteiger partial charge in [0.2, 0.25) is 0 Å². The summed E-state index contributed by atoms with van der Waals surface area (Å²) >= 11 is 0. The standard InChI is InChI=1S/C15H10O/c1-2-6-11-10(5-1)9-13-12-7-3-4-8-14(12)16-15(11)13/h1-9,15H. The molecule has 16 heavy (non-hydrogen) atoms. The minimum atomic E-state index is 0.119. The molecule has 0 fully saturated rings. The van der Waals surface area contributed by atoms with Crippen molar-refractivity contribution in [3.05, 3.63) is 65.2 Å². The third kappa shape index (κ3) is 0.904. The van der Waals surface area contributed by atoms with Gasteiger partial charge in [0.1, 0.15) is 5.75 Å². The first-order chi connectivity index (χ1) is 7.93. The van der Waals surface area contributed by atoms with E-state index in [0.717, 1.165) is 5.75 Å². The summed E-state index contributed by atoms with van der Waals surface area (Å²) in [4.78, 5) is 0. The van der Waals surface area contributed by atoms with Crippen molar-refractivity contribution in [2.45, 2.75) is 6.10 Å². The van der Waals surface area contributed by atoms with E-state index >= 15 is 0 Å². The van der Waals surface area contributed by atoms with Gasteiger partial charge in [-0.3, -0.25) is 0 Å². The summed E-state index contributed by atoms with van der Waals surface area (Å²) in [6.45, 7) is 0. The van der Waals surface area contributed by atoms with Crippen LogP contribution < -0.4 is 4.74 Å². The molecule has 1 nitrogen and oxygen atoms in total. The summed E-state index contributed by atoms with van der Waals surface area (Å²) in [6, 6.07) is 16.7. The second-order valence-electron chi connectivity index (χ2n) is 4.22. The van der Waals surface area contributed by atoms with Gasteiger partial charge in [-0.1, -0.05) is 42.5 Å². The second kappa shape index (κ2) is 2.76. The van der Waals surface area contributed by atoms with E-state index in [1.54, 1.807) is 0 Å². The van der Waals surface area contributed by atoms with E-state index in [4.69, 9.17) is 4.74 Å². The van der Waals surface area contributed by atoms with Gasteiger partial charge in [0.25, 0.3) is 0 Å². The van der Waals surface area contributed by atoms with Crippen LogP contribution in [0.1, 0.15) is 22.8 Å². The highest BCUT2D eigenvalue weighted by Gasteiger charge is 2.34. The summed E-state index contributed by atoms with van der Waals surface area (Å²) in [5, 5.41) is 0. The van der Waals surface area contributed by atoms with Gasteiger partial charge in [-0.05, 0) is 17.7 Å². The zero-order valence-electron chi connectivity index (χ0n) is 8.68. The van der Waals surface area contributed by atoms with Crippen LogP contribution >= 0.6 is 0 Å². The highest BCUT2D eigenvalue weighted by molar-refractivity contribution is 5.94. The number of ether oxygens (including phenoxy) is 1. The lowest BCUT2D eigenvalue weighted by atomic mass is 10.0. The Balaban J connectivity index is 1.96. The van der Waals surface area contributed by atoms with Crippen molar-refractivity contribution in [1.29, 1.82) is 0 Å². The molecule has 1 aliphatic heterocycles. The first-order valence-electron chi connectivity index (χ1n) is 5.50. The van der Waals surface area contributed by atoms with Crippen LogP contribution in [0.25, 0.3) is 11.6 Å². The summed E-state index contributed by atoms with van der Waals surface area (Å²) in [5.41, 5.74) is 5.12. The second-order valence-corrected chi connectivity index (χ2v) is 4.22. The largest absolute Gasteiger partial charge is 0.480 e. The highest BCUT2D eigenvalue weighted by Crippen LogP contribution is 2.50. The Bertz CT molecular complexity index is 610. The van der Waals surface area contributed by atoms with Crippen LogP contribution in [0.5, 0.6) is 5.75 Å². The third-order valence-electron chi connectivity index (χ3n) is 3.31. The number of benzene rings is 2. The van der Waals surface area contributed by atoms with Crippen molar-refractivity contribution < 1.29 is 4.74 Å². The van der Waals surface area contributed by atoms with Gasteiger partial charge in [-0.2, -0.15) is 0 Å². The fourth-order valence-corrected chi connectivity index (χ4v) is 2.57. The number of fused-ring (bicyclic) bond motifs is 5. The van der Waals surface area contributed by atoms with Gasteiger partial charge < -0.3 is 4.74 Å². The summed E-state index contributed by atoms with van der Waals surface area (Å²) < 4.78 is 5.99. The minimum Gasteiger partial charge on any atom is -0.480 e. The Morgan fingerprint density at radius 1 is 0.875 bits per heavy atom. The van der Waals surface area contributed by atoms with E-state index < -0.39 is 0 Å². The lowest BCUT2D eigenvalue weighted by Gasteiger charge is -2.09. The van der Waals surface area contributed by atoms with E-state index in [0.29, 0.717) is 0 Å². The summed E-state index contributed by atoms with van der Waals surface area (Å²) in [5.74, 6) is 1.01. The predicted molar refractivity (Wildman–Crippen MR) is 64.1 cm³/mol. The molecule has 0 bridgehead atoms. The normalized spacial score (nSPS) is 19.5. The van der Waals surface area contributed by atoms with Crippen molar-refractivity contribution in [2.24, 2.45) is 0 Å². The molecule has 0 spiro atoms. The van der Waals surface area contributed by atoms with Gasteiger partial charge in [0.05, 0.1) is 0 Å². The monoisotopic (exact) mass is 206 g/mol. The Morgan fingerprint density at radius 3 is 2.69 bits per heavy atom. The number of para-hydroxylation sites is 1. The van der Waals surface area contributed by atoms with E-state index in [9.17, 15) is 0 Å². The maximum absolute atomic E-state index is 5.99. The average Bonchev–Trinajstić information content (AvgIpc) is 2.85. The molecule has 0 saturated carbocycles. The minimum absolute atomic E-state index is 0.119. The zero-order valence-corrected chi connectivity index (χ0v) is 8.68. The molecule has 2 aliphatic rings. The van der Waals surface area contributed by atoms with Crippen LogP contribution in [0.15, 0.2) is 48.5 Å². The van der Waals surface area contributed by atoms with Crippen LogP contribution in [0.4, 0.5) is 0 Å². The van der Waals surface area contributed by atoms with Gasteiger partial charge in [0.15, 0.2) is 6.10 Å². The van der Waals surface area contributed by atoms with E-state index in [1.165, 1.54) is 22.3 Å². The molecule has 1 atom stereocenters. The van der Waals surface area contributed by atoms with E-state index in [1.807, 2.05) is 12.1 Å². The fraction of sp³-hybridized carbons (Fsp3) is 0.0667. The van der Waals surface area contributed by atoms with Crippen molar-refractivity contribution in [3.63, 3.8) is 0 Å². The smallest absolute Gasteiger partial charge is 0.150 e. The molecule has 0 aromatic heterocycles. The molecule has 2 aromatic carbocycles. The Kier molecular flexibility index (Phi) is 1.41. The van der Waals surface area contributed by atoms with Crippen LogP contribution in [-0.4, -0.2) is 0 Å². The highest BCUT2D eigenvalue weighted by atomic mass is 16.5. The summed E-state index contributed by atoms with van der Waals surface area (Å²) in [6.07, 6.45) is 2.36. The van der Waals surface area contributed by atoms with Crippen molar-refractivity contribution in [2.75, 3.05) is 0 Å². The lowest BCUT2D eigenvalue weighted by Crippen LogP contribution is -1.99. The molecule has 1 heterocycles. The molecule has 1 heteroatoms. The zero-order chi connectivity index (χ0) is 10.5. The number of hydrogen-bond acceptors (Lipinski definition) is 1. The van der Waals surface area contributed by atoms with Crippen LogP contribution in [0, 0.1) is 0 Å². The van der Waals surface area contributed by atoms with Crippen molar-refractivity contribution >= 4 is 11.6 Å². The molecule has 4 rings (SSSR count). The Labute approximate surface area is 94.0 Å². The van der Waals surface area contributed by atoms with Gasteiger partial charge in [-0.15, -0.1) is 0 Å². The molecular weight excluding hydrogens is 196 g/mol. The third-order valence-corrected chi connectivity index (χ3v) is 3.31. The first kappa shape index (κ1) is 8.17. The lowest BCUT2D eigenvalue weighted by molar-refractivity contribution is 0.285. The van der Waals surface area contributed by atoms with Crippen LogP contribution in [0.3, 0.4) is 0 Å². The van der Waals surface area contributed by atoms with Gasteiger partial charge in [-0.25, -0.2) is 0 Å². The molecule has 1 aliphatic carbocycles.